The van der Waals surface area contributed by atoms with Crippen LogP contribution in [0.25, 0.3) is 0 Å². The monoisotopic (exact) mass is 318 g/mol. The predicted molar refractivity (Wildman–Crippen MR) is 79.3 cm³/mol. The summed E-state index contributed by atoms with van der Waals surface area (Å²) in [5, 5.41) is 3.11. The molecule has 7 heteroatoms. The van der Waals surface area contributed by atoms with E-state index in [1.807, 2.05) is 6.92 Å². The first-order valence-corrected chi connectivity index (χ1v) is 8.20. The summed E-state index contributed by atoms with van der Waals surface area (Å²) in [5.41, 5.74) is 0.533. The number of carbonyl (C=O) groups is 1. The predicted octanol–water partition coefficient (Wildman–Crippen LogP) is 1.84. The van der Waals surface area contributed by atoms with Gasteiger partial charge in [-0.1, -0.05) is 18.5 Å². The highest BCUT2D eigenvalue weighted by molar-refractivity contribution is 7.89. The van der Waals surface area contributed by atoms with Crippen LogP contribution in [0.1, 0.15) is 25.8 Å². The van der Waals surface area contributed by atoms with Crippen molar-refractivity contribution < 1.29 is 13.2 Å². The van der Waals surface area contributed by atoms with E-state index in [0.717, 1.165) is 6.42 Å². The Hall–Kier alpha value is -1.11. The van der Waals surface area contributed by atoms with Gasteiger partial charge in [0.1, 0.15) is 0 Å². The molecule has 112 valence electrons. The third-order valence-corrected chi connectivity index (χ3v) is 4.64. The molecule has 0 bridgehead atoms. The summed E-state index contributed by atoms with van der Waals surface area (Å²) < 4.78 is 26.8. The fourth-order valence-corrected chi connectivity index (χ4v) is 3.32. The summed E-state index contributed by atoms with van der Waals surface area (Å²) in [4.78, 5) is 11.8. The van der Waals surface area contributed by atoms with Crippen molar-refractivity contribution in [3.05, 3.63) is 28.8 Å². The van der Waals surface area contributed by atoms with Crippen molar-refractivity contribution in [2.24, 2.45) is 0 Å². The van der Waals surface area contributed by atoms with Crippen LogP contribution in [0, 0.1) is 6.92 Å². The van der Waals surface area contributed by atoms with E-state index in [9.17, 15) is 13.2 Å². The normalized spacial score (nSPS) is 13.0. The zero-order valence-electron chi connectivity index (χ0n) is 11.7. The molecule has 1 aromatic carbocycles. The summed E-state index contributed by atoms with van der Waals surface area (Å²) in [6.07, 6.45) is 0.793. The summed E-state index contributed by atoms with van der Waals surface area (Å²) in [7, 11) is -3.75. The quantitative estimate of drug-likeness (QED) is 0.840. The molecule has 5 nitrogen and oxygen atoms in total. The maximum Gasteiger partial charge on any atom is 0.241 e. The summed E-state index contributed by atoms with van der Waals surface area (Å²) >= 11 is 5.80. The van der Waals surface area contributed by atoms with Gasteiger partial charge < -0.3 is 5.32 Å². The van der Waals surface area contributed by atoms with Crippen molar-refractivity contribution in [3.63, 3.8) is 0 Å². The zero-order chi connectivity index (χ0) is 15.3. The smallest absolute Gasteiger partial charge is 0.241 e. The Morgan fingerprint density at radius 1 is 1.40 bits per heavy atom. The molecule has 0 aliphatic heterocycles. The lowest BCUT2D eigenvalue weighted by Gasteiger charge is -2.15. The van der Waals surface area contributed by atoms with E-state index in [1.54, 1.807) is 13.0 Å². The number of benzene rings is 1. The molecule has 1 aromatic rings. The van der Waals surface area contributed by atoms with Gasteiger partial charge in [-0.25, -0.2) is 8.42 Å². The lowest BCUT2D eigenvalue weighted by molar-refractivity contribution is -0.122. The molecule has 2 N–H and O–H groups in total. The van der Waals surface area contributed by atoms with Crippen molar-refractivity contribution in [1.29, 1.82) is 0 Å². The van der Waals surface area contributed by atoms with Crippen molar-refractivity contribution in [2.75, 3.05) is 6.54 Å². The number of amides is 1. The van der Waals surface area contributed by atoms with E-state index in [0.29, 0.717) is 17.1 Å². The summed E-state index contributed by atoms with van der Waals surface area (Å²) in [6, 6.07) is 3.67. The lowest BCUT2D eigenvalue weighted by Crippen LogP contribution is -2.45. The average Bonchev–Trinajstić information content (AvgIpc) is 2.34. The first-order valence-electron chi connectivity index (χ1n) is 6.34. The topological polar surface area (TPSA) is 75.3 Å². The van der Waals surface area contributed by atoms with Crippen molar-refractivity contribution >= 4 is 27.5 Å². The molecular weight excluding hydrogens is 300 g/mol. The molecule has 0 saturated heterocycles. The van der Waals surface area contributed by atoms with E-state index >= 15 is 0 Å². The first kappa shape index (κ1) is 16.9. The molecule has 1 rings (SSSR count). The van der Waals surface area contributed by atoms with E-state index < -0.39 is 16.1 Å². The van der Waals surface area contributed by atoms with Crippen LogP contribution in [0.2, 0.25) is 5.02 Å². The van der Waals surface area contributed by atoms with Gasteiger partial charge in [-0.3, -0.25) is 4.79 Å². The van der Waals surface area contributed by atoms with Crippen LogP contribution in [-0.4, -0.2) is 26.9 Å². The second-order valence-electron chi connectivity index (χ2n) is 4.54. The first-order chi connectivity index (χ1) is 9.27. The van der Waals surface area contributed by atoms with Gasteiger partial charge in [0.25, 0.3) is 0 Å². The second-order valence-corrected chi connectivity index (χ2v) is 6.66. The lowest BCUT2D eigenvalue weighted by atomic mass is 10.2. The molecule has 0 fully saturated rings. The number of aryl methyl sites for hydroxylation is 1. The van der Waals surface area contributed by atoms with Gasteiger partial charge in [-0.15, -0.1) is 0 Å². The number of rotatable bonds is 6. The highest BCUT2D eigenvalue weighted by Gasteiger charge is 2.23. The van der Waals surface area contributed by atoms with E-state index in [-0.39, 0.29) is 10.8 Å². The molecule has 0 aliphatic rings. The third-order valence-electron chi connectivity index (χ3n) is 2.70. The van der Waals surface area contributed by atoms with Gasteiger partial charge in [-0.2, -0.15) is 4.72 Å². The molecule has 0 spiro atoms. The molecule has 0 aromatic heterocycles. The van der Waals surface area contributed by atoms with Gasteiger partial charge in [0.15, 0.2) is 0 Å². The van der Waals surface area contributed by atoms with Crippen LogP contribution < -0.4 is 10.0 Å². The van der Waals surface area contributed by atoms with Gasteiger partial charge in [0.05, 0.1) is 10.9 Å². The highest BCUT2D eigenvalue weighted by atomic mass is 35.5. The number of halogens is 1. The molecule has 1 amide bonds. The number of nitrogens with one attached hydrogen (secondary N) is 2. The molecule has 1 atom stereocenters. The third kappa shape index (κ3) is 4.47. The van der Waals surface area contributed by atoms with Crippen LogP contribution in [0.3, 0.4) is 0 Å². The Labute approximate surface area is 124 Å². The Morgan fingerprint density at radius 2 is 2.05 bits per heavy atom. The van der Waals surface area contributed by atoms with Gasteiger partial charge in [-0.05, 0) is 44.0 Å². The Kier molecular flexibility index (Phi) is 5.98. The number of hydrogen-bond donors (Lipinski definition) is 2. The standard InChI is InChI=1S/C13H19ClN2O3S/c1-4-7-15-13(17)10(3)16-20(18,19)12-6-5-11(14)8-9(12)2/h5-6,8,10,16H,4,7H2,1-3H3,(H,15,17). The molecular formula is C13H19ClN2O3S. The van der Waals surface area contributed by atoms with Gasteiger partial charge >= 0.3 is 0 Å². The molecule has 0 heterocycles. The van der Waals surface area contributed by atoms with Gasteiger partial charge in [0.2, 0.25) is 15.9 Å². The Morgan fingerprint density at radius 3 is 2.60 bits per heavy atom. The number of carbonyl (C=O) groups excluding carboxylic acids is 1. The van der Waals surface area contributed by atoms with Crippen LogP contribution in [0.5, 0.6) is 0 Å². The number of hydrogen-bond acceptors (Lipinski definition) is 3. The summed E-state index contributed by atoms with van der Waals surface area (Å²) in [6.45, 7) is 5.60. The van der Waals surface area contributed by atoms with E-state index in [1.165, 1.54) is 19.1 Å². The van der Waals surface area contributed by atoms with Crippen LogP contribution in [0.4, 0.5) is 0 Å². The molecule has 0 radical (unpaired) electrons. The molecule has 0 saturated carbocycles. The van der Waals surface area contributed by atoms with Crippen molar-refractivity contribution in [3.8, 4) is 0 Å². The van der Waals surface area contributed by atoms with Crippen LogP contribution in [-0.2, 0) is 14.8 Å². The van der Waals surface area contributed by atoms with Crippen molar-refractivity contribution in [1.82, 2.24) is 10.0 Å². The molecule has 1 unspecified atom stereocenters. The minimum atomic E-state index is -3.75. The maximum atomic E-state index is 12.2. The zero-order valence-corrected chi connectivity index (χ0v) is 13.3. The maximum absolute atomic E-state index is 12.2. The highest BCUT2D eigenvalue weighted by Crippen LogP contribution is 2.19. The Bertz CT molecular complexity index is 587. The summed E-state index contributed by atoms with van der Waals surface area (Å²) in [5.74, 6) is -0.345. The minimum Gasteiger partial charge on any atom is -0.355 e. The van der Waals surface area contributed by atoms with E-state index in [2.05, 4.69) is 10.0 Å². The van der Waals surface area contributed by atoms with Crippen LogP contribution >= 0.6 is 11.6 Å². The SMILES string of the molecule is CCCNC(=O)C(C)NS(=O)(=O)c1ccc(Cl)cc1C. The molecule has 20 heavy (non-hydrogen) atoms. The average molecular weight is 319 g/mol. The minimum absolute atomic E-state index is 0.122. The Balaban J connectivity index is 2.87. The van der Waals surface area contributed by atoms with Crippen molar-refractivity contribution in [2.45, 2.75) is 38.1 Å². The fraction of sp³-hybridized carbons (Fsp3) is 0.462. The largest absolute Gasteiger partial charge is 0.355 e. The second kappa shape index (κ2) is 7.06. The molecule has 0 aliphatic carbocycles. The fourth-order valence-electron chi connectivity index (χ4n) is 1.67. The van der Waals surface area contributed by atoms with E-state index in [4.69, 9.17) is 11.6 Å². The van der Waals surface area contributed by atoms with Crippen LogP contribution in [0.15, 0.2) is 23.1 Å². The van der Waals surface area contributed by atoms with Gasteiger partial charge in [0, 0.05) is 11.6 Å². The number of sulfonamides is 1.